The number of hydrogen-bond acceptors (Lipinski definition) is 7. The first-order valence-electron chi connectivity index (χ1n) is 12.9. The molecule has 0 unspecified atom stereocenters. The third-order valence-electron chi connectivity index (χ3n) is 6.84. The van der Waals surface area contributed by atoms with Crippen LogP contribution in [0.2, 0.25) is 0 Å². The lowest BCUT2D eigenvalue weighted by atomic mass is 9.98. The Morgan fingerprint density at radius 2 is 1.77 bits per heavy atom. The van der Waals surface area contributed by atoms with E-state index in [1.54, 1.807) is 4.90 Å². The third-order valence-corrected chi connectivity index (χ3v) is 7.52. The predicted octanol–water partition coefficient (Wildman–Crippen LogP) is 5.70. The number of aryl methyl sites for hydroxylation is 1. The Morgan fingerprint density at radius 1 is 1.08 bits per heavy atom. The smallest absolute Gasteiger partial charge is 0.410 e. The number of fused-ring (bicyclic) bond motifs is 3. The van der Waals surface area contributed by atoms with Crippen LogP contribution in [0.1, 0.15) is 31.9 Å². The van der Waals surface area contributed by atoms with Gasteiger partial charge in [-0.25, -0.2) is 9.78 Å². The third kappa shape index (κ3) is 5.17. The van der Waals surface area contributed by atoms with Crippen molar-refractivity contribution in [1.82, 2.24) is 14.9 Å². The van der Waals surface area contributed by atoms with E-state index < -0.39 is 5.60 Å². The highest BCUT2D eigenvalue weighted by molar-refractivity contribution is 7.98. The Balaban J connectivity index is 1.57. The summed E-state index contributed by atoms with van der Waals surface area (Å²) in [5.41, 5.74) is 3.70. The van der Waals surface area contributed by atoms with Crippen molar-refractivity contribution < 1.29 is 9.53 Å². The molecule has 1 amide bonds. The molecule has 8 nitrogen and oxygen atoms in total. The molecule has 200 valence electrons. The minimum atomic E-state index is -0.533. The number of nitriles is 1. The molecule has 1 aliphatic heterocycles. The van der Waals surface area contributed by atoms with E-state index in [4.69, 9.17) is 9.72 Å². The molecule has 0 aliphatic carbocycles. The number of piperazine rings is 1. The van der Waals surface area contributed by atoms with E-state index in [9.17, 15) is 14.9 Å². The molecular weight excluding hydrogens is 510 g/mol. The van der Waals surface area contributed by atoms with Gasteiger partial charge in [-0.1, -0.05) is 35.9 Å². The standard InChI is InChI=1S/C30H31N5O3S/c1-18-6-8-19(9-7-18)26-25-24(22(17-31)28(33-26)39-5)21-11-10-20(16-23(21)32-27(25)36)34-12-14-35(15-13-34)29(37)38-30(2,3)4/h6-11,16H,12-15H2,1-5H3,(H,32,36). The average Bonchev–Trinajstić information content (AvgIpc) is 2.91. The minimum Gasteiger partial charge on any atom is -0.444 e. The highest BCUT2D eigenvalue weighted by Crippen LogP contribution is 2.36. The van der Waals surface area contributed by atoms with Gasteiger partial charge in [0, 0.05) is 48.2 Å². The number of H-pyrrole nitrogens is 1. The number of rotatable bonds is 3. The summed E-state index contributed by atoms with van der Waals surface area (Å²) in [4.78, 5) is 37.7. The molecule has 1 N–H and O–H groups in total. The van der Waals surface area contributed by atoms with Crippen LogP contribution >= 0.6 is 11.8 Å². The van der Waals surface area contributed by atoms with Crippen molar-refractivity contribution in [3.05, 3.63) is 63.9 Å². The van der Waals surface area contributed by atoms with Crippen LogP contribution in [-0.4, -0.2) is 59.0 Å². The summed E-state index contributed by atoms with van der Waals surface area (Å²) in [5, 5.41) is 12.5. The molecule has 2 aromatic heterocycles. The summed E-state index contributed by atoms with van der Waals surface area (Å²) in [5.74, 6) is 0. The zero-order chi connectivity index (χ0) is 27.9. The van der Waals surface area contributed by atoms with Crippen molar-refractivity contribution in [2.75, 3.05) is 37.3 Å². The van der Waals surface area contributed by atoms with Crippen LogP contribution in [0.25, 0.3) is 32.9 Å². The topological polar surface area (TPSA) is 102 Å². The highest BCUT2D eigenvalue weighted by atomic mass is 32.2. The lowest BCUT2D eigenvalue weighted by Gasteiger charge is -2.36. The van der Waals surface area contributed by atoms with Crippen molar-refractivity contribution in [2.45, 2.75) is 38.3 Å². The van der Waals surface area contributed by atoms with Crippen molar-refractivity contribution in [1.29, 1.82) is 5.26 Å². The predicted molar refractivity (Wildman–Crippen MR) is 157 cm³/mol. The van der Waals surface area contributed by atoms with E-state index in [-0.39, 0.29) is 11.7 Å². The summed E-state index contributed by atoms with van der Waals surface area (Å²) >= 11 is 1.40. The molecule has 0 atom stereocenters. The number of benzene rings is 2. The van der Waals surface area contributed by atoms with Gasteiger partial charge in [-0.2, -0.15) is 5.26 Å². The molecule has 1 aliphatic rings. The van der Waals surface area contributed by atoms with Crippen LogP contribution in [0.4, 0.5) is 10.5 Å². The molecule has 0 spiro atoms. The first-order chi connectivity index (χ1) is 18.6. The van der Waals surface area contributed by atoms with Crippen molar-refractivity contribution in [3.63, 3.8) is 0 Å². The molecule has 39 heavy (non-hydrogen) atoms. The van der Waals surface area contributed by atoms with Crippen molar-refractivity contribution >= 4 is 45.2 Å². The maximum absolute atomic E-state index is 13.6. The fourth-order valence-electron chi connectivity index (χ4n) is 4.93. The van der Waals surface area contributed by atoms with Gasteiger partial charge >= 0.3 is 6.09 Å². The van der Waals surface area contributed by atoms with Gasteiger partial charge in [-0.15, -0.1) is 11.8 Å². The van der Waals surface area contributed by atoms with Crippen molar-refractivity contribution in [2.24, 2.45) is 0 Å². The lowest BCUT2D eigenvalue weighted by Crippen LogP contribution is -2.50. The number of carbonyl (C=O) groups excluding carboxylic acids is 1. The maximum Gasteiger partial charge on any atom is 0.410 e. The number of amides is 1. The molecule has 0 radical (unpaired) electrons. The number of aromatic nitrogens is 2. The molecule has 5 rings (SSSR count). The Kier molecular flexibility index (Phi) is 7.00. The van der Waals surface area contributed by atoms with Gasteiger partial charge in [0.15, 0.2) is 0 Å². The van der Waals surface area contributed by atoms with Crippen LogP contribution in [0.3, 0.4) is 0 Å². The minimum absolute atomic E-state index is 0.281. The van der Waals surface area contributed by atoms with E-state index in [2.05, 4.69) is 16.0 Å². The fourth-order valence-corrected chi connectivity index (χ4v) is 5.47. The summed E-state index contributed by atoms with van der Waals surface area (Å²) in [7, 11) is 0. The fraction of sp³-hybridized carbons (Fsp3) is 0.333. The van der Waals surface area contributed by atoms with E-state index in [1.165, 1.54) is 11.8 Å². The van der Waals surface area contributed by atoms with Crippen LogP contribution < -0.4 is 10.5 Å². The van der Waals surface area contributed by atoms with Gasteiger partial charge < -0.3 is 19.5 Å². The van der Waals surface area contributed by atoms with Crippen molar-refractivity contribution in [3.8, 4) is 17.3 Å². The van der Waals surface area contributed by atoms with Gasteiger partial charge in [-0.05, 0) is 46.1 Å². The highest BCUT2D eigenvalue weighted by Gasteiger charge is 2.26. The van der Waals surface area contributed by atoms with Crippen LogP contribution in [0, 0.1) is 18.3 Å². The summed E-state index contributed by atoms with van der Waals surface area (Å²) in [6, 6.07) is 16.1. The Hall–Kier alpha value is -4.03. The second-order valence-corrected chi connectivity index (χ2v) is 11.5. The number of nitrogens with one attached hydrogen (secondary N) is 1. The normalized spacial score (nSPS) is 14.1. The number of carbonyl (C=O) groups is 1. The summed E-state index contributed by atoms with van der Waals surface area (Å²) in [6.07, 6.45) is 1.58. The molecular formula is C30H31N5O3S. The number of anilines is 1. The first kappa shape index (κ1) is 26.6. The van der Waals surface area contributed by atoms with Crippen LogP contribution in [-0.2, 0) is 4.74 Å². The van der Waals surface area contributed by atoms with Crippen LogP contribution in [0.15, 0.2) is 52.3 Å². The molecule has 4 aromatic rings. The lowest BCUT2D eigenvalue weighted by molar-refractivity contribution is 0.0240. The SMILES string of the molecule is CSc1nc(-c2ccc(C)cc2)c2c(=O)[nH]c3cc(N4CCN(C(=O)OC(C)(C)C)CC4)ccc3c2c1C#N. The molecule has 2 aromatic carbocycles. The molecule has 0 saturated carbocycles. The van der Waals surface area contributed by atoms with E-state index >= 15 is 0 Å². The Morgan fingerprint density at radius 3 is 2.38 bits per heavy atom. The number of aromatic amines is 1. The monoisotopic (exact) mass is 541 g/mol. The summed E-state index contributed by atoms with van der Waals surface area (Å²) in [6.45, 7) is 9.97. The second kappa shape index (κ2) is 10.3. The van der Waals surface area contributed by atoms with Gasteiger partial charge in [0.05, 0.1) is 22.2 Å². The maximum atomic E-state index is 13.6. The Labute approximate surface area is 231 Å². The molecule has 0 bridgehead atoms. The molecule has 3 heterocycles. The number of nitrogens with zero attached hydrogens (tertiary/aromatic N) is 4. The van der Waals surface area contributed by atoms with Gasteiger partial charge in [0.25, 0.3) is 5.56 Å². The van der Waals surface area contributed by atoms with E-state index in [1.807, 2.05) is 76.4 Å². The first-order valence-corrected chi connectivity index (χ1v) is 14.1. The van der Waals surface area contributed by atoms with Gasteiger partial charge in [0.2, 0.25) is 0 Å². The second-order valence-electron chi connectivity index (χ2n) is 10.7. The number of pyridine rings is 2. The quantitative estimate of drug-likeness (QED) is 0.262. The molecule has 1 fully saturated rings. The zero-order valence-corrected chi connectivity index (χ0v) is 23.6. The summed E-state index contributed by atoms with van der Waals surface area (Å²) < 4.78 is 5.51. The van der Waals surface area contributed by atoms with E-state index in [0.717, 1.165) is 22.2 Å². The average molecular weight is 542 g/mol. The number of thioether (sulfide) groups is 1. The zero-order valence-electron chi connectivity index (χ0n) is 22.8. The molecule has 9 heteroatoms. The molecule has 1 saturated heterocycles. The van der Waals surface area contributed by atoms with Gasteiger partial charge in [-0.3, -0.25) is 4.79 Å². The van der Waals surface area contributed by atoms with E-state index in [0.29, 0.717) is 58.8 Å². The van der Waals surface area contributed by atoms with Crippen LogP contribution in [0.5, 0.6) is 0 Å². The Bertz CT molecular complexity index is 1670. The largest absolute Gasteiger partial charge is 0.444 e. The number of ether oxygens (including phenoxy) is 1. The van der Waals surface area contributed by atoms with Gasteiger partial charge in [0.1, 0.15) is 16.7 Å². The number of hydrogen-bond donors (Lipinski definition) is 1.